The zero-order valence-electron chi connectivity index (χ0n) is 11.9. The monoisotopic (exact) mass is 297 g/mol. The summed E-state index contributed by atoms with van der Waals surface area (Å²) in [5.41, 5.74) is 1.92. The molecule has 3 aromatic rings. The molecular formula is C16H15N3O3. The van der Waals surface area contributed by atoms with Crippen LogP contribution in [0.1, 0.15) is 41.5 Å². The van der Waals surface area contributed by atoms with Gasteiger partial charge in [-0.3, -0.25) is 0 Å². The van der Waals surface area contributed by atoms with Crippen molar-refractivity contribution in [3.63, 3.8) is 0 Å². The van der Waals surface area contributed by atoms with E-state index in [1.807, 2.05) is 18.2 Å². The van der Waals surface area contributed by atoms with Crippen molar-refractivity contribution in [1.29, 1.82) is 0 Å². The molecule has 112 valence electrons. The maximum absolute atomic E-state index is 5.87. The van der Waals surface area contributed by atoms with E-state index in [0.717, 1.165) is 17.7 Å². The summed E-state index contributed by atoms with van der Waals surface area (Å²) >= 11 is 0. The van der Waals surface area contributed by atoms with Crippen molar-refractivity contribution in [2.24, 2.45) is 0 Å². The van der Waals surface area contributed by atoms with Crippen LogP contribution in [0, 0.1) is 0 Å². The third-order valence-electron chi connectivity index (χ3n) is 3.84. The van der Waals surface area contributed by atoms with Crippen LogP contribution in [0.25, 0.3) is 0 Å². The first-order valence-electron chi connectivity index (χ1n) is 7.28. The lowest BCUT2D eigenvalue weighted by atomic mass is 9.95. The summed E-state index contributed by atoms with van der Waals surface area (Å²) in [5, 5.41) is 12.2. The van der Waals surface area contributed by atoms with Crippen LogP contribution in [-0.2, 0) is 11.2 Å². The first kappa shape index (κ1) is 13.2. The van der Waals surface area contributed by atoms with Gasteiger partial charge in [0.15, 0.2) is 0 Å². The van der Waals surface area contributed by atoms with Gasteiger partial charge in [-0.15, -0.1) is 10.2 Å². The molecule has 4 rings (SSSR count). The summed E-state index contributed by atoms with van der Waals surface area (Å²) in [5.74, 6) is 1.27. The number of hydrogen-bond acceptors (Lipinski definition) is 6. The van der Waals surface area contributed by atoms with Crippen LogP contribution in [0.2, 0.25) is 0 Å². The third-order valence-corrected chi connectivity index (χ3v) is 3.84. The van der Waals surface area contributed by atoms with Crippen LogP contribution in [-0.4, -0.2) is 22.0 Å². The van der Waals surface area contributed by atoms with E-state index in [9.17, 15) is 0 Å². The molecular weight excluding hydrogens is 282 g/mol. The second kappa shape index (κ2) is 5.73. The standard InChI is InChI=1S/C16H15N3O3/c1-2-4-11(5-3-1)15-13(7-8-20-15)16-18-17-14(22-16)10-12-6-9-21-19-12/h1-6,9,13,15H,7-8,10H2/t13-,15+/m0/s1. The molecule has 0 amide bonds. The molecule has 0 unspecified atom stereocenters. The van der Waals surface area contributed by atoms with Gasteiger partial charge >= 0.3 is 0 Å². The Balaban J connectivity index is 1.55. The fourth-order valence-corrected chi connectivity index (χ4v) is 2.79. The number of rotatable bonds is 4. The summed E-state index contributed by atoms with van der Waals surface area (Å²) in [6.45, 7) is 0.700. The van der Waals surface area contributed by atoms with E-state index in [0.29, 0.717) is 24.8 Å². The molecule has 6 nitrogen and oxygen atoms in total. The quantitative estimate of drug-likeness (QED) is 0.737. The number of aromatic nitrogens is 3. The molecule has 3 heterocycles. The van der Waals surface area contributed by atoms with E-state index in [1.54, 1.807) is 6.07 Å². The topological polar surface area (TPSA) is 74.2 Å². The van der Waals surface area contributed by atoms with E-state index >= 15 is 0 Å². The summed E-state index contributed by atoms with van der Waals surface area (Å²) in [6, 6.07) is 11.9. The SMILES string of the molecule is c1ccc([C@H]2OCC[C@@H]2c2nnc(Cc3ccon3)o2)cc1. The molecule has 0 bridgehead atoms. The van der Waals surface area contributed by atoms with Gasteiger partial charge in [0.25, 0.3) is 0 Å². The Bertz CT molecular complexity index is 724. The van der Waals surface area contributed by atoms with E-state index in [2.05, 4.69) is 27.5 Å². The van der Waals surface area contributed by atoms with Crippen molar-refractivity contribution in [2.75, 3.05) is 6.61 Å². The van der Waals surface area contributed by atoms with Crippen molar-refractivity contribution in [3.05, 3.63) is 65.7 Å². The highest BCUT2D eigenvalue weighted by atomic mass is 16.5. The van der Waals surface area contributed by atoms with E-state index < -0.39 is 0 Å². The molecule has 1 aliphatic heterocycles. The highest BCUT2D eigenvalue weighted by Gasteiger charge is 2.34. The molecule has 6 heteroatoms. The molecule has 1 aliphatic rings. The first-order valence-corrected chi connectivity index (χ1v) is 7.28. The first-order chi connectivity index (χ1) is 10.9. The van der Waals surface area contributed by atoms with Gasteiger partial charge in [-0.1, -0.05) is 35.5 Å². The van der Waals surface area contributed by atoms with Gasteiger partial charge < -0.3 is 13.7 Å². The Hall–Kier alpha value is -2.47. The summed E-state index contributed by atoms with van der Waals surface area (Å²) in [4.78, 5) is 0. The Morgan fingerprint density at radius 1 is 1.09 bits per heavy atom. The Labute approximate surface area is 127 Å². The minimum atomic E-state index is -0.0263. The van der Waals surface area contributed by atoms with Crippen molar-refractivity contribution in [2.45, 2.75) is 24.9 Å². The van der Waals surface area contributed by atoms with Crippen molar-refractivity contribution < 1.29 is 13.7 Å². The fourth-order valence-electron chi connectivity index (χ4n) is 2.79. The number of benzene rings is 1. The minimum absolute atomic E-state index is 0.0263. The molecule has 0 saturated carbocycles. The zero-order valence-corrected chi connectivity index (χ0v) is 11.9. The molecule has 22 heavy (non-hydrogen) atoms. The van der Waals surface area contributed by atoms with Crippen LogP contribution in [0.5, 0.6) is 0 Å². The average molecular weight is 297 g/mol. The maximum atomic E-state index is 5.87. The highest BCUT2D eigenvalue weighted by molar-refractivity contribution is 5.22. The van der Waals surface area contributed by atoms with Crippen LogP contribution in [0.3, 0.4) is 0 Å². The van der Waals surface area contributed by atoms with Gasteiger partial charge in [0.05, 0.1) is 24.1 Å². The molecule has 1 fully saturated rings. The predicted octanol–water partition coefficient (Wildman–Crippen LogP) is 2.89. The van der Waals surface area contributed by atoms with Crippen LogP contribution >= 0.6 is 0 Å². The van der Waals surface area contributed by atoms with Gasteiger partial charge in [0, 0.05) is 12.7 Å². The maximum Gasteiger partial charge on any atom is 0.222 e. The van der Waals surface area contributed by atoms with Crippen LogP contribution in [0.4, 0.5) is 0 Å². The van der Waals surface area contributed by atoms with Crippen molar-refractivity contribution in [3.8, 4) is 0 Å². The Kier molecular flexibility index (Phi) is 3.44. The Morgan fingerprint density at radius 3 is 2.82 bits per heavy atom. The van der Waals surface area contributed by atoms with E-state index in [4.69, 9.17) is 13.7 Å². The normalized spacial score (nSPS) is 21.3. The van der Waals surface area contributed by atoms with Gasteiger partial charge in [-0.2, -0.15) is 0 Å². The lowest BCUT2D eigenvalue weighted by Crippen LogP contribution is -2.06. The molecule has 0 spiro atoms. The molecule has 0 N–H and O–H groups in total. The molecule has 0 radical (unpaired) electrons. The highest BCUT2D eigenvalue weighted by Crippen LogP contribution is 2.40. The smallest absolute Gasteiger partial charge is 0.222 e. The molecule has 0 aliphatic carbocycles. The second-order valence-electron chi connectivity index (χ2n) is 5.30. The van der Waals surface area contributed by atoms with Gasteiger partial charge in [-0.05, 0) is 12.0 Å². The molecule has 2 atom stereocenters. The Morgan fingerprint density at radius 2 is 2.00 bits per heavy atom. The molecule has 2 aromatic heterocycles. The van der Waals surface area contributed by atoms with E-state index in [-0.39, 0.29) is 12.0 Å². The number of ether oxygens (including phenoxy) is 1. The predicted molar refractivity (Wildman–Crippen MR) is 76.1 cm³/mol. The number of nitrogens with zero attached hydrogens (tertiary/aromatic N) is 3. The van der Waals surface area contributed by atoms with Crippen LogP contribution < -0.4 is 0 Å². The summed E-state index contributed by atoms with van der Waals surface area (Å²) in [7, 11) is 0. The summed E-state index contributed by atoms with van der Waals surface area (Å²) in [6.07, 6.45) is 2.86. The third kappa shape index (κ3) is 2.53. The molecule has 1 aromatic carbocycles. The minimum Gasteiger partial charge on any atom is -0.424 e. The molecule has 1 saturated heterocycles. The zero-order chi connectivity index (χ0) is 14.8. The summed E-state index contributed by atoms with van der Waals surface area (Å²) < 4.78 is 16.5. The largest absolute Gasteiger partial charge is 0.424 e. The van der Waals surface area contributed by atoms with Crippen LogP contribution in [0.15, 0.2) is 51.6 Å². The number of hydrogen-bond donors (Lipinski definition) is 0. The lowest BCUT2D eigenvalue weighted by molar-refractivity contribution is 0.0997. The second-order valence-corrected chi connectivity index (χ2v) is 5.30. The fraction of sp³-hybridized carbons (Fsp3) is 0.312. The van der Waals surface area contributed by atoms with Gasteiger partial charge in [0.2, 0.25) is 11.8 Å². The van der Waals surface area contributed by atoms with Crippen molar-refractivity contribution >= 4 is 0 Å². The lowest BCUT2D eigenvalue weighted by Gasteiger charge is -2.15. The van der Waals surface area contributed by atoms with Crippen molar-refractivity contribution in [1.82, 2.24) is 15.4 Å². The van der Waals surface area contributed by atoms with E-state index in [1.165, 1.54) is 6.26 Å². The average Bonchev–Trinajstić information content (AvgIpc) is 3.29. The van der Waals surface area contributed by atoms with Gasteiger partial charge in [-0.25, -0.2) is 0 Å². The van der Waals surface area contributed by atoms with Gasteiger partial charge in [0.1, 0.15) is 6.26 Å².